The van der Waals surface area contributed by atoms with E-state index in [1.165, 1.54) is 17.8 Å². The Balaban J connectivity index is 1.72. The minimum atomic E-state index is -0.886. The van der Waals surface area contributed by atoms with Crippen molar-refractivity contribution in [2.24, 2.45) is 11.8 Å². The van der Waals surface area contributed by atoms with Gasteiger partial charge in [-0.1, -0.05) is 12.1 Å². The molecule has 0 bridgehead atoms. The van der Waals surface area contributed by atoms with Crippen LogP contribution in [0.4, 0.5) is 4.39 Å². The van der Waals surface area contributed by atoms with Gasteiger partial charge in [0.25, 0.3) is 0 Å². The molecule has 2 rings (SSSR count). The summed E-state index contributed by atoms with van der Waals surface area (Å²) in [5.74, 6) is -1.50. The topological polar surface area (TPSA) is 75.6 Å². The van der Waals surface area contributed by atoms with E-state index in [0.29, 0.717) is 36.7 Å². The smallest absolute Gasteiger partial charge is 0.308 e. The van der Waals surface area contributed by atoms with E-state index in [9.17, 15) is 19.1 Å². The number of amides is 1. The highest BCUT2D eigenvalue weighted by atomic mass is 32.2. The Morgan fingerprint density at radius 2 is 2.04 bits per heavy atom. The molecule has 1 unspecified atom stereocenters. The van der Waals surface area contributed by atoms with Gasteiger partial charge in [0.05, 0.1) is 5.92 Å². The molecule has 1 saturated heterocycles. The van der Waals surface area contributed by atoms with Gasteiger partial charge in [0, 0.05) is 36.8 Å². The van der Waals surface area contributed by atoms with Gasteiger partial charge in [0.2, 0.25) is 5.91 Å². The molecule has 0 radical (unpaired) electrons. The van der Waals surface area contributed by atoms with E-state index in [1.54, 1.807) is 18.2 Å². The van der Waals surface area contributed by atoms with Crippen LogP contribution in [0.3, 0.4) is 0 Å². The highest BCUT2D eigenvalue weighted by molar-refractivity contribution is 7.99. The first kappa shape index (κ1) is 18.7. The monoisotopic (exact) mass is 355 g/mol. The van der Waals surface area contributed by atoms with E-state index >= 15 is 0 Å². The third kappa shape index (κ3) is 5.79. The largest absolute Gasteiger partial charge is 0.481 e. The first-order chi connectivity index (χ1) is 11.6. The van der Waals surface area contributed by atoms with Crippen LogP contribution in [-0.4, -0.2) is 42.5 Å². The molecule has 7 heteroatoms. The van der Waals surface area contributed by atoms with Crippen LogP contribution in [0, 0.1) is 17.7 Å². The maximum Gasteiger partial charge on any atom is 0.308 e. The molecule has 1 heterocycles. The summed E-state index contributed by atoms with van der Waals surface area (Å²) >= 11 is 1.28. The minimum Gasteiger partial charge on any atom is -0.481 e. The zero-order valence-electron chi connectivity index (χ0n) is 13.4. The van der Waals surface area contributed by atoms with E-state index in [0.717, 1.165) is 0 Å². The lowest BCUT2D eigenvalue weighted by Gasteiger charge is -2.27. The number of thioether (sulfide) groups is 1. The Morgan fingerprint density at radius 1 is 1.33 bits per heavy atom. The van der Waals surface area contributed by atoms with Crippen molar-refractivity contribution in [2.45, 2.75) is 24.2 Å². The Hall–Kier alpha value is -1.60. The molecule has 0 spiro atoms. The van der Waals surface area contributed by atoms with E-state index in [4.69, 9.17) is 4.74 Å². The number of benzene rings is 1. The number of hydrogen-bond donors (Lipinski definition) is 2. The molecule has 5 nitrogen and oxygen atoms in total. The second-order valence-electron chi connectivity index (χ2n) is 5.73. The molecule has 0 aromatic heterocycles. The van der Waals surface area contributed by atoms with Gasteiger partial charge in [-0.2, -0.15) is 0 Å². The number of ether oxygens (including phenoxy) is 1. The molecule has 0 aliphatic carbocycles. The lowest BCUT2D eigenvalue weighted by atomic mass is 9.86. The lowest BCUT2D eigenvalue weighted by molar-refractivity contribution is -0.144. The van der Waals surface area contributed by atoms with Gasteiger partial charge in [0.1, 0.15) is 5.82 Å². The summed E-state index contributed by atoms with van der Waals surface area (Å²) in [6.45, 7) is 1.27. The summed E-state index contributed by atoms with van der Waals surface area (Å²) in [5.41, 5.74) is 0. The van der Waals surface area contributed by atoms with Crippen LogP contribution < -0.4 is 5.32 Å². The first-order valence-corrected chi connectivity index (χ1v) is 9.01. The van der Waals surface area contributed by atoms with Crippen LogP contribution in [-0.2, 0) is 14.3 Å². The van der Waals surface area contributed by atoms with Crippen molar-refractivity contribution in [3.8, 4) is 0 Å². The second kappa shape index (κ2) is 9.64. The first-order valence-electron chi connectivity index (χ1n) is 8.02. The van der Waals surface area contributed by atoms with E-state index < -0.39 is 11.9 Å². The number of hydrogen-bond acceptors (Lipinski definition) is 4. The molecule has 132 valence electrons. The van der Waals surface area contributed by atoms with Crippen molar-refractivity contribution >= 4 is 23.6 Å². The van der Waals surface area contributed by atoms with Gasteiger partial charge in [0.15, 0.2) is 0 Å². The lowest BCUT2D eigenvalue weighted by Crippen LogP contribution is -2.39. The Kier molecular flexibility index (Phi) is 7.52. The summed E-state index contributed by atoms with van der Waals surface area (Å²) in [4.78, 5) is 23.8. The molecular formula is C17H22FNO4S. The average Bonchev–Trinajstić information content (AvgIpc) is 2.57. The summed E-state index contributed by atoms with van der Waals surface area (Å²) in [7, 11) is 0. The molecular weight excluding hydrogens is 333 g/mol. The highest BCUT2D eigenvalue weighted by Gasteiger charge is 2.29. The number of nitrogens with one attached hydrogen (secondary N) is 1. The maximum atomic E-state index is 13.5. The van der Waals surface area contributed by atoms with Crippen LogP contribution >= 0.6 is 11.8 Å². The molecule has 1 aromatic rings. The fourth-order valence-electron chi connectivity index (χ4n) is 2.70. The Bertz CT molecular complexity index is 563. The number of carbonyl (C=O) groups excluding carboxylic acids is 1. The molecule has 1 aromatic carbocycles. The minimum absolute atomic E-state index is 0.0318. The van der Waals surface area contributed by atoms with Crippen LogP contribution in [0.1, 0.15) is 19.3 Å². The van der Waals surface area contributed by atoms with E-state index in [1.807, 2.05) is 0 Å². The normalized spacial score (nSPS) is 16.5. The molecule has 1 aliphatic heterocycles. The predicted molar refractivity (Wildman–Crippen MR) is 89.4 cm³/mol. The van der Waals surface area contributed by atoms with E-state index in [-0.39, 0.29) is 30.6 Å². The van der Waals surface area contributed by atoms with Gasteiger partial charge in [-0.3, -0.25) is 9.59 Å². The van der Waals surface area contributed by atoms with Crippen molar-refractivity contribution in [3.05, 3.63) is 30.1 Å². The highest BCUT2D eigenvalue weighted by Crippen LogP contribution is 2.24. The summed E-state index contributed by atoms with van der Waals surface area (Å²) < 4.78 is 18.7. The number of rotatable bonds is 8. The Labute approximate surface area is 145 Å². The van der Waals surface area contributed by atoms with Crippen LogP contribution in [0.15, 0.2) is 29.2 Å². The molecule has 1 amide bonds. The number of carboxylic acid groups (broad SMARTS) is 1. The van der Waals surface area contributed by atoms with Gasteiger partial charge in [-0.05, 0) is 30.9 Å². The van der Waals surface area contributed by atoms with Crippen LogP contribution in [0.25, 0.3) is 0 Å². The van der Waals surface area contributed by atoms with Gasteiger partial charge < -0.3 is 15.2 Å². The standard InChI is InChI=1S/C17H22FNO4S/c18-14-3-1-2-4-15(14)24-10-7-16(20)19-11-13(17(21)22)12-5-8-23-9-6-12/h1-4,12-13H,5-11H2,(H,19,20)(H,21,22). The fraction of sp³-hybridized carbons (Fsp3) is 0.529. The molecule has 2 N–H and O–H groups in total. The van der Waals surface area contributed by atoms with Crippen molar-refractivity contribution in [2.75, 3.05) is 25.5 Å². The van der Waals surface area contributed by atoms with Crippen LogP contribution in [0.5, 0.6) is 0 Å². The van der Waals surface area contributed by atoms with Crippen molar-refractivity contribution in [1.82, 2.24) is 5.32 Å². The molecule has 1 fully saturated rings. The molecule has 1 aliphatic rings. The molecule has 0 saturated carbocycles. The van der Waals surface area contributed by atoms with Gasteiger partial charge >= 0.3 is 5.97 Å². The van der Waals surface area contributed by atoms with Gasteiger partial charge in [-0.25, -0.2) is 4.39 Å². The Morgan fingerprint density at radius 3 is 2.71 bits per heavy atom. The van der Waals surface area contributed by atoms with Crippen LogP contribution in [0.2, 0.25) is 0 Å². The maximum absolute atomic E-state index is 13.5. The molecule has 24 heavy (non-hydrogen) atoms. The number of carboxylic acids is 1. The summed E-state index contributed by atoms with van der Waals surface area (Å²) in [6.07, 6.45) is 1.63. The quantitative estimate of drug-likeness (QED) is 0.701. The van der Waals surface area contributed by atoms with E-state index in [2.05, 4.69) is 5.32 Å². The molecule has 1 atom stereocenters. The van der Waals surface area contributed by atoms with Crippen molar-refractivity contribution in [3.63, 3.8) is 0 Å². The zero-order chi connectivity index (χ0) is 17.4. The number of halogens is 1. The SMILES string of the molecule is O=C(CCSc1ccccc1F)NCC(C(=O)O)C1CCOCC1. The van der Waals surface area contributed by atoms with Gasteiger partial charge in [-0.15, -0.1) is 11.8 Å². The zero-order valence-corrected chi connectivity index (χ0v) is 14.2. The third-order valence-electron chi connectivity index (χ3n) is 4.09. The second-order valence-corrected chi connectivity index (χ2v) is 6.86. The third-order valence-corrected chi connectivity index (χ3v) is 5.15. The van der Waals surface area contributed by atoms with Crippen molar-refractivity contribution in [1.29, 1.82) is 0 Å². The average molecular weight is 355 g/mol. The fourth-order valence-corrected chi connectivity index (χ4v) is 3.59. The number of carbonyl (C=O) groups is 2. The van der Waals surface area contributed by atoms with Crippen molar-refractivity contribution < 1.29 is 23.8 Å². The summed E-state index contributed by atoms with van der Waals surface area (Å²) in [5, 5.41) is 12.1. The predicted octanol–water partition coefficient (Wildman–Crippen LogP) is 2.55. The number of aliphatic carboxylic acids is 1. The summed E-state index contributed by atoms with van der Waals surface area (Å²) in [6, 6.07) is 6.42.